The second kappa shape index (κ2) is 3.76. The lowest BCUT2D eigenvalue weighted by molar-refractivity contribution is 1.46. The van der Waals surface area contributed by atoms with Crippen LogP contribution < -0.4 is 5.73 Å². The van der Waals surface area contributed by atoms with Crippen molar-refractivity contribution in [2.24, 2.45) is 0 Å². The number of nitrogen functional groups attached to an aromatic ring is 1. The standard InChI is InChI=1S/C12H10N2S/c1-8-2-4-9(5-3-8)11-7-15-12(14)10(11)6-13/h2-5,7H,14H2,1H3. The van der Waals surface area contributed by atoms with E-state index >= 15 is 0 Å². The molecule has 15 heavy (non-hydrogen) atoms. The number of nitrogens with two attached hydrogens (primary N) is 1. The van der Waals surface area contributed by atoms with Gasteiger partial charge in [-0.15, -0.1) is 11.3 Å². The van der Waals surface area contributed by atoms with Gasteiger partial charge < -0.3 is 5.73 Å². The molecule has 1 aromatic carbocycles. The Labute approximate surface area is 92.6 Å². The molecule has 0 aliphatic carbocycles. The molecule has 1 aromatic heterocycles. The number of hydrogen-bond acceptors (Lipinski definition) is 3. The van der Waals surface area contributed by atoms with Crippen LogP contribution in [0.5, 0.6) is 0 Å². The van der Waals surface area contributed by atoms with E-state index in [1.165, 1.54) is 16.9 Å². The van der Waals surface area contributed by atoms with Crippen molar-refractivity contribution in [3.8, 4) is 17.2 Å². The van der Waals surface area contributed by atoms with Gasteiger partial charge in [-0.1, -0.05) is 29.8 Å². The van der Waals surface area contributed by atoms with Gasteiger partial charge in [-0.05, 0) is 12.5 Å². The predicted octanol–water partition coefficient (Wildman–Crippen LogP) is 3.18. The van der Waals surface area contributed by atoms with Gasteiger partial charge in [0.15, 0.2) is 0 Å². The summed E-state index contributed by atoms with van der Waals surface area (Å²) in [6.45, 7) is 2.04. The Morgan fingerprint density at radius 2 is 1.93 bits per heavy atom. The van der Waals surface area contributed by atoms with Gasteiger partial charge in [0.05, 0.1) is 5.56 Å². The van der Waals surface area contributed by atoms with Crippen molar-refractivity contribution in [1.29, 1.82) is 5.26 Å². The van der Waals surface area contributed by atoms with Gasteiger partial charge >= 0.3 is 0 Å². The molecule has 0 aliphatic rings. The predicted molar refractivity (Wildman–Crippen MR) is 63.6 cm³/mol. The summed E-state index contributed by atoms with van der Waals surface area (Å²) in [5, 5.41) is 11.5. The van der Waals surface area contributed by atoms with E-state index in [1.54, 1.807) is 0 Å². The molecule has 74 valence electrons. The SMILES string of the molecule is Cc1ccc(-c2csc(N)c2C#N)cc1. The number of hydrogen-bond donors (Lipinski definition) is 1. The first-order valence-corrected chi connectivity index (χ1v) is 5.44. The normalized spacial score (nSPS) is 9.87. The molecule has 0 saturated heterocycles. The lowest BCUT2D eigenvalue weighted by atomic mass is 10.0. The highest BCUT2D eigenvalue weighted by atomic mass is 32.1. The van der Waals surface area contributed by atoms with Crippen molar-refractivity contribution in [3.63, 3.8) is 0 Å². The van der Waals surface area contributed by atoms with E-state index in [4.69, 9.17) is 11.0 Å². The number of rotatable bonds is 1. The highest BCUT2D eigenvalue weighted by molar-refractivity contribution is 7.14. The van der Waals surface area contributed by atoms with Crippen molar-refractivity contribution in [3.05, 3.63) is 40.8 Å². The van der Waals surface area contributed by atoms with Gasteiger partial charge in [-0.25, -0.2) is 0 Å². The Kier molecular flexibility index (Phi) is 2.44. The molecule has 2 N–H and O–H groups in total. The lowest BCUT2D eigenvalue weighted by Crippen LogP contribution is -1.85. The van der Waals surface area contributed by atoms with Crippen LogP contribution in [0.1, 0.15) is 11.1 Å². The topological polar surface area (TPSA) is 49.8 Å². The number of aryl methyl sites for hydroxylation is 1. The summed E-state index contributed by atoms with van der Waals surface area (Å²) >= 11 is 1.41. The molecular weight excluding hydrogens is 204 g/mol. The zero-order chi connectivity index (χ0) is 10.8. The van der Waals surface area contributed by atoms with Crippen LogP contribution >= 0.6 is 11.3 Å². The highest BCUT2D eigenvalue weighted by Crippen LogP contribution is 2.32. The third-order valence-corrected chi connectivity index (χ3v) is 3.11. The Hall–Kier alpha value is -1.79. The monoisotopic (exact) mass is 214 g/mol. The van der Waals surface area contributed by atoms with Crippen molar-refractivity contribution in [2.45, 2.75) is 6.92 Å². The minimum atomic E-state index is 0.587. The average Bonchev–Trinajstić information content (AvgIpc) is 2.61. The molecule has 2 aromatic rings. The van der Waals surface area contributed by atoms with Crippen molar-refractivity contribution >= 4 is 16.3 Å². The number of nitriles is 1. The first-order valence-electron chi connectivity index (χ1n) is 4.56. The van der Waals surface area contributed by atoms with Crippen molar-refractivity contribution < 1.29 is 0 Å². The van der Waals surface area contributed by atoms with Crippen molar-refractivity contribution in [1.82, 2.24) is 0 Å². The molecule has 0 fully saturated rings. The summed E-state index contributed by atoms with van der Waals surface area (Å²) in [6, 6.07) is 10.2. The summed E-state index contributed by atoms with van der Waals surface area (Å²) in [5.41, 5.74) is 9.49. The fourth-order valence-electron chi connectivity index (χ4n) is 1.43. The van der Waals surface area contributed by atoms with E-state index in [2.05, 4.69) is 6.07 Å². The number of anilines is 1. The quantitative estimate of drug-likeness (QED) is 0.792. The van der Waals surface area contributed by atoms with Crippen LogP contribution in [-0.4, -0.2) is 0 Å². The van der Waals surface area contributed by atoms with Crippen LogP contribution in [0.2, 0.25) is 0 Å². The third-order valence-electron chi connectivity index (χ3n) is 2.29. The van der Waals surface area contributed by atoms with Gasteiger partial charge in [-0.3, -0.25) is 0 Å². The zero-order valence-electron chi connectivity index (χ0n) is 8.32. The number of benzene rings is 1. The molecule has 0 saturated carbocycles. The Bertz CT molecular complexity index is 518. The minimum Gasteiger partial charge on any atom is -0.389 e. The lowest BCUT2D eigenvalue weighted by Gasteiger charge is -1.99. The van der Waals surface area contributed by atoms with Crippen LogP contribution in [0, 0.1) is 18.3 Å². The third kappa shape index (κ3) is 1.72. The van der Waals surface area contributed by atoms with E-state index in [9.17, 15) is 0 Å². The van der Waals surface area contributed by atoms with E-state index < -0.39 is 0 Å². The molecule has 2 rings (SSSR count). The second-order valence-corrected chi connectivity index (χ2v) is 4.28. The minimum absolute atomic E-state index is 0.587. The largest absolute Gasteiger partial charge is 0.389 e. The molecule has 0 aliphatic heterocycles. The van der Waals surface area contributed by atoms with Crippen LogP contribution in [0.15, 0.2) is 29.6 Å². The van der Waals surface area contributed by atoms with E-state index in [-0.39, 0.29) is 0 Å². The summed E-state index contributed by atoms with van der Waals surface area (Å²) in [4.78, 5) is 0. The number of nitrogens with zero attached hydrogens (tertiary/aromatic N) is 1. The highest BCUT2D eigenvalue weighted by Gasteiger charge is 2.09. The number of thiophene rings is 1. The zero-order valence-corrected chi connectivity index (χ0v) is 9.14. The van der Waals surface area contributed by atoms with E-state index in [0.717, 1.165) is 11.1 Å². The Morgan fingerprint density at radius 1 is 1.27 bits per heavy atom. The first kappa shape index (κ1) is 9.75. The van der Waals surface area contributed by atoms with Crippen LogP contribution in [0.4, 0.5) is 5.00 Å². The van der Waals surface area contributed by atoms with Crippen LogP contribution in [0.25, 0.3) is 11.1 Å². The summed E-state index contributed by atoms with van der Waals surface area (Å²) in [5.74, 6) is 0. The fraction of sp³-hybridized carbons (Fsp3) is 0.0833. The van der Waals surface area contributed by atoms with E-state index in [0.29, 0.717) is 10.6 Å². The molecule has 0 atom stereocenters. The smallest absolute Gasteiger partial charge is 0.104 e. The molecular formula is C12H10N2S. The van der Waals surface area contributed by atoms with E-state index in [1.807, 2.05) is 36.6 Å². The van der Waals surface area contributed by atoms with Crippen LogP contribution in [0.3, 0.4) is 0 Å². The molecule has 3 heteroatoms. The van der Waals surface area contributed by atoms with Gasteiger partial charge in [0.25, 0.3) is 0 Å². The molecule has 0 radical (unpaired) electrons. The fourth-order valence-corrected chi connectivity index (χ4v) is 2.21. The maximum absolute atomic E-state index is 8.98. The Balaban J connectivity index is 2.55. The summed E-state index contributed by atoms with van der Waals surface area (Å²) in [6.07, 6.45) is 0. The molecule has 0 unspecified atom stereocenters. The first-order chi connectivity index (χ1) is 7.22. The van der Waals surface area contributed by atoms with Crippen LogP contribution in [-0.2, 0) is 0 Å². The van der Waals surface area contributed by atoms with Gasteiger partial charge in [-0.2, -0.15) is 5.26 Å². The summed E-state index contributed by atoms with van der Waals surface area (Å²) in [7, 11) is 0. The van der Waals surface area contributed by atoms with Crippen molar-refractivity contribution in [2.75, 3.05) is 5.73 Å². The molecule has 0 bridgehead atoms. The average molecular weight is 214 g/mol. The maximum atomic E-state index is 8.98. The molecule has 0 spiro atoms. The van der Waals surface area contributed by atoms with Gasteiger partial charge in [0, 0.05) is 10.9 Å². The summed E-state index contributed by atoms with van der Waals surface area (Å²) < 4.78 is 0. The van der Waals surface area contributed by atoms with Gasteiger partial charge in [0.1, 0.15) is 11.1 Å². The molecule has 0 amide bonds. The molecule has 2 nitrogen and oxygen atoms in total. The second-order valence-electron chi connectivity index (χ2n) is 3.37. The Morgan fingerprint density at radius 3 is 2.53 bits per heavy atom. The van der Waals surface area contributed by atoms with Gasteiger partial charge in [0.2, 0.25) is 0 Å². The molecule has 1 heterocycles. The maximum Gasteiger partial charge on any atom is 0.104 e.